The van der Waals surface area contributed by atoms with Crippen molar-refractivity contribution in [1.29, 1.82) is 0 Å². The summed E-state index contributed by atoms with van der Waals surface area (Å²) in [5.74, 6) is 0.0491. The first-order valence-corrected chi connectivity index (χ1v) is 7.36. The average Bonchev–Trinajstić information content (AvgIpc) is 2.39. The molecule has 0 bridgehead atoms. The summed E-state index contributed by atoms with van der Waals surface area (Å²) in [6.45, 7) is 11.3. The molecule has 1 rings (SSSR count). The summed E-state index contributed by atoms with van der Waals surface area (Å²) in [6, 6.07) is 0.0870. The van der Waals surface area contributed by atoms with Crippen LogP contribution in [-0.2, 0) is 14.3 Å². The Morgan fingerprint density at radius 2 is 2.05 bits per heavy atom. The second-order valence-corrected chi connectivity index (χ2v) is 6.00. The Labute approximate surface area is 117 Å². The lowest BCUT2D eigenvalue weighted by Gasteiger charge is -2.54. The first kappa shape index (κ1) is 16.4. The zero-order valence-corrected chi connectivity index (χ0v) is 13.2. The third-order valence-corrected chi connectivity index (χ3v) is 4.61. The molecule has 0 aromatic heterocycles. The maximum absolute atomic E-state index is 11.8. The van der Waals surface area contributed by atoms with Crippen molar-refractivity contribution >= 4 is 5.97 Å². The molecule has 112 valence electrons. The van der Waals surface area contributed by atoms with E-state index in [-0.39, 0.29) is 23.3 Å². The smallest absolute Gasteiger partial charge is 0.323 e. The minimum Gasteiger partial charge on any atom is -0.468 e. The highest BCUT2D eigenvalue weighted by molar-refractivity contribution is 5.76. The molecule has 0 aromatic carbocycles. The van der Waals surface area contributed by atoms with E-state index in [0.29, 0.717) is 12.1 Å². The van der Waals surface area contributed by atoms with Gasteiger partial charge in [-0.05, 0) is 25.7 Å². The van der Waals surface area contributed by atoms with Crippen LogP contribution in [0.1, 0.15) is 47.5 Å². The minimum atomic E-state index is -0.233. The van der Waals surface area contributed by atoms with E-state index in [9.17, 15) is 4.79 Å². The fraction of sp³-hybridized carbons (Fsp3) is 0.933. The van der Waals surface area contributed by atoms with Crippen LogP contribution in [0.3, 0.4) is 0 Å². The van der Waals surface area contributed by atoms with Crippen molar-refractivity contribution in [2.24, 2.45) is 11.3 Å². The van der Waals surface area contributed by atoms with E-state index >= 15 is 0 Å². The van der Waals surface area contributed by atoms with Gasteiger partial charge < -0.3 is 14.8 Å². The van der Waals surface area contributed by atoms with Crippen molar-refractivity contribution < 1.29 is 14.3 Å². The van der Waals surface area contributed by atoms with E-state index in [1.807, 2.05) is 20.8 Å². The van der Waals surface area contributed by atoms with E-state index in [1.165, 1.54) is 7.11 Å². The van der Waals surface area contributed by atoms with E-state index in [2.05, 4.69) is 19.2 Å². The van der Waals surface area contributed by atoms with Crippen LogP contribution in [0.2, 0.25) is 0 Å². The highest BCUT2D eigenvalue weighted by atomic mass is 16.5. The lowest BCUT2D eigenvalue weighted by atomic mass is 9.61. The molecule has 0 aromatic rings. The van der Waals surface area contributed by atoms with Crippen molar-refractivity contribution in [2.75, 3.05) is 13.7 Å². The lowest BCUT2D eigenvalue weighted by Crippen LogP contribution is -2.65. The largest absolute Gasteiger partial charge is 0.468 e. The molecule has 0 spiro atoms. The van der Waals surface area contributed by atoms with Gasteiger partial charge in [-0.2, -0.15) is 0 Å². The number of hydrogen-bond donors (Lipinski definition) is 1. The van der Waals surface area contributed by atoms with Gasteiger partial charge >= 0.3 is 5.97 Å². The monoisotopic (exact) mass is 271 g/mol. The summed E-state index contributed by atoms with van der Waals surface area (Å²) >= 11 is 0. The quantitative estimate of drug-likeness (QED) is 0.722. The topological polar surface area (TPSA) is 47.6 Å². The Morgan fingerprint density at radius 1 is 1.42 bits per heavy atom. The number of methoxy groups -OCH3 is 1. The van der Waals surface area contributed by atoms with E-state index in [0.717, 1.165) is 19.4 Å². The maximum Gasteiger partial charge on any atom is 0.323 e. The number of ether oxygens (including phenoxy) is 2. The van der Waals surface area contributed by atoms with Crippen LogP contribution in [0.25, 0.3) is 0 Å². The zero-order valence-electron chi connectivity index (χ0n) is 13.2. The van der Waals surface area contributed by atoms with Crippen LogP contribution in [0.15, 0.2) is 0 Å². The molecule has 4 atom stereocenters. The zero-order chi connectivity index (χ0) is 14.6. The van der Waals surface area contributed by atoms with Crippen molar-refractivity contribution in [2.45, 2.75) is 65.6 Å². The van der Waals surface area contributed by atoms with Gasteiger partial charge in [-0.1, -0.05) is 27.7 Å². The summed E-state index contributed by atoms with van der Waals surface area (Å²) < 4.78 is 10.7. The lowest BCUT2D eigenvalue weighted by molar-refractivity contribution is -0.151. The van der Waals surface area contributed by atoms with Gasteiger partial charge in [-0.25, -0.2) is 0 Å². The summed E-state index contributed by atoms with van der Waals surface area (Å²) in [5.41, 5.74) is 0.108. The van der Waals surface area contributed by atoms with Gasteiger partial charge in [-0.3, -0.25) is 4.79 Å². The highest BCUT2D eigenvalue weighted by Crippen LogP contribution is 2.46. The van der Waals surface area contributed by atoms with Gasteiger partial charge in [0.2, 0.25) is 0 Å². The highest BCUT2D eigenvalue weighted by Gasteiger charge is 2.52. The summed E-state index contributed by atoms with van der Waals surface area (Å²) in [7, 11) is 1.45. The average molecular weight is 271 g/mol. The molecule has 4 heteroatoms. The molecule has 1 fully saturated rings. The van der Waals surface area contributed by atoms with Crippen LogP contribution in [0.5, 0.6) is 0 Å². The predicted molar refractivity (Wildman–Crippen MR) is 76.0 cm³/mol. The Morgan fingerprint density at radius 3 is 2.47 bits per heavy atom. The predicted octanol–water partition coefficient (Wildman–Crippen LogP) is 2.37. The van der Waals surface area contributed by atoms with Crippen molar-refractivity contribution in [3.8, 4) is 0 Å². The van der Waals surface area contributed by atoms with Gasteiger partial charge in [0, 0.05) is 18.1 Å². The fourth-order valence-corrected chi connectivity index (χ4v) is 2.88. The summed E-state index contributed by atoms with van der Waals surface area (Å²) in [6.07, 6.45) is 2.31. The molecule has 1 saturated carbocycles. The third kappa shape index (κ3) is 3.29. The van der Waals surface area contributed by atoms with Gasteiger partial charge in [-0.15, -0.1) is 0 Å². The van der Waals surface area contributed by atoms with E-state index in [4.69, 9.17) is 9.47 Å². The third-order valence-electron chi connectivity index (χ3n) is 4.61. The number of carbonyl (C=O) groups is 1. The molecule has 0 amide bonds. The van der Waals surface area contributed by atoms with Gasteiger partial charge in [0.05, 0.1) is 13.2 Å². The Hall–Kier alpha value is -0.610. The maximum atomic E-state index is 11.8. The van der Waals surface area contributed by atoms with Crippen molar-refractivity contribution in [3.05, 3.63) is 0 Å². The number of nitrogens with one attached hydrogen (secondary N) is 1. The SMILES string of the molecule is CCOC1CC(N[C@H](C(=O)OC)C(C)C)C1(C)CC. The van der Waals surface area contributed by atoms with Gasteiger partial charge in [0.1, 0.15) is 6.04 Å². The van der Waals surface area contributed by atoms with Crippen LogP contribution in [-0.4, -0.2) is 37.9 Å². The Bertz CT molecular complexity index is 306. The molecule has 1 N–H and O–H groups in total. The number of carbonyl (C=O) groups excluding carboxylic acids is 1. The number of esters is 1. The standard InChI is InChI=1S/C15H29NO3/c1-7-15(5)11(9-12(15)19-8-2)16-13(10(3)4)14(17)18-6/h10-13,16H,7-9H2,1-6H3/t11?,12?,13-,15?/m0/s1. The molecule has 1 aliphatic carbocycles. The molecular weight excluding hydrogens is 242 g/mol. The molecule has 4 nitrogen and oxygen atoms in total. The molecule has 0 saturated heterocycles. The molecular formula is C15H29NO3. The minimum absolute atomic E-state index is 0.108. The van der Waals surface area contributed by atoms with Gasteiger partial charge in [0.25, 0.3) is 0 Å². The van der Waals surface area contributed by atoms with E-state index in [1.54, 1.807) is 0 Å². The van der Waals surface area contributed by atoms with Crippen LogP contribution >= 0.6 is 0 Å². The summed E-state index contributed by atoms with van der Waals surface area (Å²) in [5, 5.41) is 3.48. The summed E-state index contributed by atoms with van der Waals surface area (Å²) in [4.78, 5) is 11.8. The van der Waals surface area contributed by atoms with Crippen LogP contribution in [0.4, 0.5) is 0 Å². The normalized spacial score (nSPS) is 31.9. The van der Waals surface area contributed by atoms with Crippen LogP contribution < -0.4 is 5.32 Å². The second kappa shape index (κ2) is 6.71. The van der Waals surface area contributed by atoms with Crippen molar-refractivity contribution in [1.82, 2.24) is 5.32 Å². The second-order valence-electron chi connectivity index (χ2n) is 6.00. The molecule has 0 aliphatic heterocycles. The molecule has 1 aliphatic rings. The molecule has 3 unspecified atom stereocenters. The molecule has 0 heterocycles. The van der Waals surface area contributed by atoms with Gasteiger partial charge in [0.15, 0.2) is 0 Å². The molecule has 19 heavy (non-hydrogen) atoms. The Kier molecular flexibility index (Phi) is 5.81. The first-order valence-electron chi connectivity index (χ1n) is 7.36. The number of rotatable bonds is 7. The van der Waals surface area contributed by atoms with E-state index < -0.39 is 0 Å². The van der Waals surface area contributed by atoms with Crippen LogP contribution in [0, 0.1) is 11.3 Å². The first-order chi connectivity index (χ1) is 8.90. The van der Waals surface area contributed by atoms with Crippen molar-refractivity contribution in [3.63, 3.8) is 0 Å². The Balaban J connectivity index is 2.68. The molecule has 0 radical (unpaired) electrons. The number of hydrogen-bond acceptors (Lipinski definition) is 4. The fourth-order valence-electron chi connectivity index (χ4n) is 2.88.